The number of hydrogen-bond donors (Lipinski definition) is 0. The molecule has 2 atom stereocenters. The number of carbonyl (C=O) groups excluding carboxylic acids is 3. The van der Waals surface area contributed by atoms with Crippen LogP contribution >= 0.6 is 0 Å². The van der Waals surface area contributed by atoms with Gasteiger partial charge in [0.2, 0.25) is 0 Å². The quantitative estimate of drug-likeness (QED) is 0.0195. The van der Waals surface area contributed by atoms with Crippen molar-refractivity contribution in [1.29, 1.82) is 0 Å². The van der Waals surface area contributed by atoms with Crippen LogP contribution in [0.5, 0.6) is 0 Å². The van der Waals surface area contributed by atoms with E-state index in [0.29, 0.717) is 17.4 Å². The zero-order valence-corrected chi connectivity index (χ0v) is 49.0. The molecular weight excluding hydrogens is 923 g/mol. The van der Waals surface area contributed by atoms with Gasteiger partial charge in [-0.25, -0.2) is 0 Å². The van der Waals surface area contributed by atoms with Crippen LogP contribution in [0.4, 0.5) is 0 Å². The number of hydrogen-bond acceptors (Lipinski definition) is 8. The van der Waals surface area contributed by atoms with E-state index >= 15 is 0 Å². The minimum Gasteiger partial charge on any atom is -0.545 e. The van der Waals surface area contributed by atoms with Crippen molar-refractivity contribution in [3.05, 3.63) is 60.8 Å². The number of carboxylic acids is 1. The van der Waals surface area contributed by atoms with E-state index in [1.165, 1.54) is 167 Å². The molecule has 430 valence electrons. The molecule has 74 heavy (non-hydrogen) atoms. The van der Waals surface area contributed by atoms with Crippen LogP contribution in [0.2, 0.25) is 0 Å². The Bertz CT molecular complexity index is 1400. The molecule has 0 saturated carbocycles. The van der Waals surface area contributed by atoms with E-state index in [1.807, 2.05) is 21.1 Å². The molecule has 9 nitrogen and oxygen atoms in total. The van der Waals surface area contributed by atoms with Gasteiger partial charge >= 0.3 is 11.9 Å². The molecule has 0 aromatic rings. The molecule has 0 aliphatic heterocycles. The van der Waals surface area contributed by atoms with Gasteiger partial charge in [0.15, 0.2) is 12.4 Å². The highest BCUT2D eigenvalue weighted by Gasteiger charge is 2.22. The summed E-state index contributed by atoms with van der Waals surface area (Å²) in [4.78, 5) is 37.2. The summed E-state index contributed by atoms with van der Waals surface area (Å²) >= 11 is 0. The summed E-state index contributed by atoms with van der Waals surface area (Å²) in [7, 11) is 5.92. The minimum absolute atomic E-state index is 0.147. The fourth-order valence-electron chi connectivity index (χ4n) is 8.76. The fraction of sp³-hybridized carbons (Fsp3) is 0.800. The molecular formula is C65H117NO8. The molecule has 0 aliphatic rings. The Hall–Kier alpha value is -3.01. The van der Waals surface area contributed by atoms with Crippen LogP contribution in [0.1, 0.15) is 277 Å². The average Bonchev–Trinajstić information content (AvgIpc) is 3.37. The first-order valence-corrected chi connectivity index (χ1v) is 30.9. The highest BCUT2D eigenvalue weighted by molar-refractivity contribution is 5.70. The number of carboxylic acid groups (broad SMARTS) is 1. The number of likely N-dealkylation sites (N-methyl/N-ethyl adjacent to an activating group) is 1. The molecule has 0 rings (SSSR count). The number of rotatable bonds is 57. The van der Waals surface area contributed by atoms with Crippen molar-refractivity contribution in [2.75, 3.05) is 47.5 Å². The summed E-state index contributed by atoms with van der Waals surface area (Å²) in [5, 5.41) is 11.8. The standard InChI is InChI=1S/C65H117NO8/c1-6-8-10-12-14-16-18-20-21-22-23-24-25-26-27-28-29-30-31-32-33-34-35-36-37-38-39-40-41-42-43-44-46-48-50-52-54-56-63(68)74-61(60-73-65(64(69)70)71-58-57-66(3,4)5)59-72-62(67)55-53-51-49-47-45-19-17-15-13-11-9-7-2/h8,10,14-17,20-21,23-24,61,65H,6-7,9,11-13,18-19,22,25-60H2,1-5H3/b10-8-,16-14-,17-15-,21-20-,24-23-. The summed E-state index contributed by atoms with van der Waals surface area (Å²) in [6, 6.07) is 0. The molecule has 0 fully saturated rings. The molecule has 0 aromatic carbocycles. The third kappa shape index (κ3) is 56.7. The highest BCUT2D eigenvalue weighted by atomic mass is 16.7. The van der Waals surface area contributed by atoms with Crippen molar-refractivity contribution in [3.63, 3.8) is 0 Å². The second-order valence-corrected chi connectivity index (χ2v) is 22.0. The molecule has 0 aromatic heterocycles. The predicted octanol–water partition coefficient (Wildman–Crippen LogP) is 17.1. The smallest absolute Gasteiger partial charge is 0.306 e. The monoisotopic (exact) mass is 1040 g/mol. The number of quaternary nitrogens is 1. The van der Waals surface area contributed by atoms with Crippen LogP contribution in [0, 0.1) is 0 Å². The molecule has 0 aliphatic carbocycles. The number of aliphatic carboxylic acids is 1. The van der Waals surface area contributed by atoms with E-state index in [2.05, 4.69) is 74.6 Å². The van der Waals surface area contributed by atoms with Gasteiger partial charge < -0.3 is 33.3 Å². The highest BCUT2D eigenvalue weighted by Crippen LogP contribution is 2.17. The van der Waals surface area contributed by atoms with Crippen molar-refractivity contribution < 1.29 is 42.9 Å². The van der Waals surface area contributed by atoms with Crippen molar-refractivity contribution in [1.82, 2.24) is 0 Å². The van der Waals surface area contributed by atoms with E-state index < -0.39 is 24.3 Å². The Morgan fingerprint density at radius 2 is 0.770 bits per heavy atom. The molecule has 0 N–H and O–H groups in total. The lowest BCUT2D eigenvalue weighted by atomic mass is 10.0. The maximum Gasteiger partial charge on any atom is 0.306 e. The number of ether oxygens (including phenoxy) is 4. The van der Waals surface area contributed by atoms with Crippen molar-refractivity contribution in [2.45, 2.75) is 289 Å². The molecule has 0 saturated heterocycles. The second kappa shape index (κ2) is 56.2. The second-order valence-electron chi connectivity index (χ2n) is 22.0. The average molecular weight is 1040 g/mol. The van der Waals surface area contributed by atoms with Crippen LogP contribution in [0.25, 0.3) is 0 Å². The lowest BCUT2D eigenvalue weighted by Crippen LogP contribution is -2.44. The summed E-state index contributed by atoms with van der Waals surface area (Å²) < 4.78 is 22.7. The third-order valence-corrected chi connectivity index (χ3v) is 13.5. The number of esters is 2. The van der Waals surface area contributed by atoms with Crippen LogP contribution in [-0.2, 0) is 33.3 Å². The number of carbonyl (C=O) groups is 3. The zero-order chi connectivity index (χ0) is 54.1. The van der Waals surface area contributed by atoms with Gasteiger partial charge in [0.05, 0.1) is 40.3 Å². The van der Waals surface area contributed by atoms with Crippen LogP contribution < -0.4 is 5.11 Å². The Labute approximate surface area is 456 Å². The van der Waals surface area contributed by atoms with Gasteiger partial charge in [0.25, 0.3) is 0 Å². The maximum absolute atomic E-state index is 12.9. The van der Waals surface area contributed by atoms with E-state index in [1.54, 1.807) is 0 Å². The number of allylic oxidation sites excluding steroid dienone is 10. The number of nitrogens with zero attached hydrogens (tertiary/aromatic N) is 1. The fourth-order valence-corrected chi connectivity index (χ4v) is 8.76. The lowest BCUT2D eigenvalue weighted by molar-refractivity contribution is -0.870. The Kier molecular flexibility index (Phi) is 53.9. The molecule has 9 heteroatoms. The summed E-state index contributed by atoms with van der Waals surface area (Å²) in [5.74, 6) is -2.28. The predicted molar refractivity (Wildman–Crippen MR) is 311 cm³/mol. The first-order chi connectivity index (χ1) is 36.1. The summed E-state index contributed by atoms with van der Waals surface area (Å²) in [6.45, 7) is 4.62. The Morgan fingerprint density at radius 3 is 1.16 bits per heavy atom. The van der Waals surface area contributed by atoms with Gasteiger partial charge in [-0.1, -0.05) is 248 Å². The first-order valence-electron chi connectivity index (χ1n) is 30.9. The van der Waals surface area contributed by atoms with Gasteiger partial charge in [-0.3, -0.25) is 9.59 Å². The molecule has 2 unspecified atom stereocenters. The normalized spacial score (nSPS) is 13.1. The largest absolute Gasteiger partial charge is 0.545 e. The van der Waals surface area contributed by atoms with Crippen LogP contribution in [-0.4, -0.2) is 82.3 Å². The molecule has 0 heterocycles. The summed E-state index contributed by atoms with van der Waals surface area (Å²) in [5.41, 5.74) is 0. The SMILES string of the molecule is CC/C=C\C/C=C\C/C=C\C/C=C\CCCCCCCCCCCCCCCCCCCCCCCCCCC(=O)OC(COC(=O)CCCCCCC/C=C\CCCCC)COC(OCC[N+](C)(C)C)C(=O)[O-]. The van der Waals surface area contributed by atoms with Gasteiger partial charge in [0, 0.05) is 12.8 Å². The van der Waals surface area contributed by atoms with Gasteiger partial charge in [-0.05, 0) is 77.0 Å². The molecule has 0 spiro atoms. The Morgan fingerprint density at radius 1 is 0.419 bits per heavy atom. The molecule has 0 bridgehead atoms. The summed E-state index contributed by atoms with van der Waals surface area (Å²) in [6.07, 6.45) is 68.8. The van der Waals surface area contributed by atoms with E-state index in [9.17, 15) is 19.5 Å². The number of unbranched alkanes of at least 4 members (excludes halogenated alkanes) is 32. The van der Waals surface area contributed by atoms with Crippen LogP contribution in [0.3, 0.4) is 0 Å². The van der Waals surface area contributed by atoms with Crippen molar-refractivity contribution in [2.24, 2.45) is 0 Å². The van der Waals surface area contributed by atoms with Crippen molar-refractivity contribution >= 4 is 17.9 Å². The Balaban J connectivity index is 3.96. The van der Waals surface area contributed by atoms with E-state index in [4.69, 9.17) is 18.9 Å². The topological polar surface area (TPSA) is 111 Å². The van der Waals surface area contributed by atoms with Crippen molar-refractivity contribution in [3.8, 4) is 0 Å². The zero-order valence-electron chi connectivity index (χ0n) is 49.0. The lowest BCUT2D eigenvalue weighted by Gasteiger charge is -2.26. The molecule has 0 amide bonds. The van der Waals surface area contributed by atoms with Gasteiger partial charge in [-0.2, -0.15) is 0 Å². The van der Waals surface area contributed by atoms with E-state index in [-0.39, 0.29) is 38.6 Å². The molecule has 0 radical (unpaired) electrons. The first kappa shape index (κ1) is 71.0. The minimum atomic E-state index is -1.62. The van der Waals surface area contributed by atoms with E-state index in [0.717, 1.165) is 77.0 Å². The van der Waals surface area contributed by atoms with Crippen LogP contribution in [0.15, 0.2) is 60.8 Å². The third-order valence-electron chi connectivity index (χ3n) is 13.5. The maximum atomic E-state index is 12.9. The van der Waals surface area contributed by atoms with Gasteiger partial charge in [-0.15, -0.1) is 0 Å². The van der Waals surface area contributed by atoms with Gasteiger partial charge in [0.1, 0.15) is 13.2 Å².